The molecule has 2 rings (SSSR count). The molecule has 1 aromatic heterocycles. The number of hydrogen-bond acceptors (Lipinski definition) is 9. The van der Waals surface area contributed by atoms with Gasteiger partial charge in [-0.2, -0.15) is 23.4 Å². The van der Waals surface area contributed by atoms with E-state index in [1.165, 1.54) is 14.2 Å². The van der Waals surface area contributed by atoms with Gasteiger partial charge in [0.1, 0.15) is 5.82 Å². The molecule has 0 aliphatic carbocycles. The number of carbonyl (C=O) groups excluding carboxylic acids is 2. The Kier molecular flexibility index (Phi) is 8.30. The summed E-state index contributed by atoms with van der Waals surface area (Å²) in [6.07, 6.45) is 0. The van der Waals surface area contributed by atoms with Gasteiger partial charge in [-0.1, -0.05) is 22.6 Å². The Balaban J connectivity index is 0.000000289. The van der Waals surface area contributed by atoms with E-state index >= 15 is 0 Å². The highest BCUT2D eigenvalue weighted by molar-refractivity contribution is 7.62. The molecule has 0 saturated carbocycles. The van der Waals surface area contributed by atoms with Crippen LogP contribution in [-0.2, 0) is 15.2 Å². The number of nitrogens with zero attached hydrogens (tertiary/aromatic N) is 4. The number of urea groups is 1. The first-order valence-electron chi connectivity index (χ1n) is 6.87. The first kappa shape index (κ1) is 20.6. The molecule has 11 nitrogen and oxygen atoms in total. The highest BCUT2D eigenvalue weighted by Gasteiger charge is 2.07. The minimum absolute atomic E-state index is 0.00560. The van der Waals surface area contributed by atoms with Crippen LogP contribution in [0.4, 0.5) is 10.7 Å². The minimum Gasteiger partial charge on any atom is -0.467 e. The van der Waals surface area contributed by atoms with E-state index in [0.717, 1.165) is 0 Å². The topological polar surface area (TPSA) is 150 Å². The van der Waals surface area contributed by atoms with Crippen molar-refractivity contribution < 1.29 is 27.5 Å². The van der Waals surface area contributed by atoms with Crippen molar-refractivity contribution in [3.8, 4) is 6.01 Å². The first-order valence-corrected chi connectivity index (χ1v) is 7.91. The summed E-state index contributed by atoms with van der Waals surface area (Å²) < 4.78 is 32.1. The Labute approximate surface area is 150 Å². The summed E-state index contributed by atoms with van der Waals surface area (Å²) >= 11 is 0. The summed E-state index contributed by atoms with van der Waals surface area (Å²) in [6.45, 7) is 1.56. The third-order valence-electron chi connectivity index (χ3n) is 2.48. The molecule has 2 aromatic rings. The Morgan fingerprint density at radius 1 is 1.08 bits per heavy atom. The van der Waals surface area contributed by atoms with E-state index in [-0.39, 0.29) is 17.9 Å². The average molecular weight is 381 g/mol. The van der Waals surface area contributed by atoms with E-state index in [4.69, 9.17) is 4.74 Å². The number of aromatic nitrogens is 3. The van der Waals surface area contributed by atoms with Gasteiger partial charge in [-0.25, -0.2) is 9.59 Å². The normalized spacial score (nSPS) is 9.19. The molecule has 12 heteroatoms. The van der Waals surface area contributed by atoms with Gasteiger partial charge < -0.3 is 9.47 Å². The largest absolute Gasteiger partial charge is 0.467 e. The molecule has 0 saturated heterocycles. The van der Waals surface area contributed by atoms with Crippen molar-refractivity contribution in [1.82, 2.24) is 15.0 Å². The van der Waals surface area contributed by atoms with Crippen molar-refractivity contribution in [3.05, 3.63) is 41.7 Å². The van der Waals surface area contributed by atoms with Gasteiger partial charge in [-0.05, 0) is 19.1 Å². The van der Waals surface area contributed by atoms with Gasteiger partial charge >= 0.3 is 28.5 Å². The standard InChI is InChI=1S/C8H8O2.C6H7N5O4S/c1-10-8(9)7-5-3-2-4-6-7;1-3-7-4(10-6(8-3)15-2)9-5(12)11-16(13)14/h2-6H,1H3;1-2H3,(H,7,8,9,10,12). The summed E-state index contributed by atoms with van der Waals surface area (Å²) in [5.74, 6) is -0.116. The predicted molar refractivity (Wildman–Crippen MR) is 89.3 cm³/mol. The summed E-state index contributed by atoms with van der Waals surface area (Å²) in [5.41, 5.74) is 0.588. The second-order valence-electron chi connectivity index (χ2n) is 4.29. The number of carbonyl (C=O) groups is 2. The van der Waals surface area contributed by atoms with Gasteiger partial charge in [-0.3, -0.25) is 5.32 Å². The van der Waals surface area contributed by atoms with E-state index in [1.807, 2.05) is 11.4 Å². The van der Waals surface area contributed by atoms with E-state index in [2.05, 4.69) is 24.1 Å². The Morgan fingerprint density at radius 2 is 1.73 bits per heavy atom. The number of amides is 2. The summed E-state index contributed by atoms with van der Waals surface area (Å²) in [7, 11) is -0.106. The molecule has 0 radical (unpaired) electrons. The quantitative estimate of drug-likeness (QED) is 0.775. The lowest BCUT2D eigenvalue weighted by molar-refractivity contribution is 0.0600. The van der Waals surface area contributed by atoms with E-state index in [9.17, 15) is 18.0 Å². The average Bonchev–Trinajstić information content (AvgIpc) is 2.61. The molecule has 138 valence electrons. The molecule has 26 heavy (non-hydrogen) atoms. The zero-order valence-electron chi connectivity index (χ0n) is 14.0. The summed E-state index contributed by atoms with van der Waals surface area (Å²) in [6, 6.07) is 7.79. The van der Waals surface area contributed by atoms with Crippen LogP contribution in [0.15, 0.2) is 34.7 Å². The number of benzene rings is 1. The van der Waals surface area contributed by atoms with Crippen LogP contribution in [-0.4, -0.2) is 49.6 Å². The smallest absolute Gasteiger partial charge is 0.362 e. The number of hydrogen-bond donors (Lipinski definition) is 1. The number of methoxy groups -OCH3 is 2. The number of aryl methyl sites for hydroxylation is 1. The van der Waals surface area contributed by atoms with Gasteiger partial charge in [0.15, 0.2) is 0 Å². The molecule has 0 spiro atoms. The second-order valence-corrected chi connectivity index (χ2v) is 4.91. The van der Waals surface area contributed by atoms with Crippen LogP contribution in [0.3, 0.4) is 0 Å². The molecule has 0 fully saturated rings. The van der Waals surface area contributed by atoms with E-state index in [0.29, 0.717) is 11.4 Å². The Bertz CT molecular complexity index is 893. The van der Waals surface area contributed by atoms with Crippen LogP contribution in [0.5, 0.6) is 6.01 Å². The monoisotopic (exact) mass is 381 g/mol. The summed E-state index contributed by atoms with van der Waals surface area (Å²) in [4.78, 5) is 32.9. The van der Waals surface area contributed by atoms with Crippen LogP contribution in [0.25, 0.3) is 0 Å². The van der Waals surface area contributed by atoms with Gasteiger partial charge in [-0.15, -0.1) is 0 Å². The van der Waals surface area contributed by atoms with Crippen molar-refractivity contribution in [1.29, 1.82) is 0 Å². The Morgan fingerprint density at radius 3 is 2.27 bits per heavy atom. The molecule has 2 amide bonds. The molecule has 1 aromatic carbocycles. The van der Waals surface area contributed by atoms with Crippen LogP contribution >= 0.6 is 0 Å². The van der Waals surface area contributed by atoms with Crippen LogP contribution in [0.2, 0.25) is 0 Å². The molecular formula is C14H15N5O6S. The molecule has 1 N–H and O–H groups in total. The molecule has 1 heterocycles. The van der Waals surface area contributed by atoms with Crippen molar-refractivity contribution >= 4 is 28.4 Å². The van der Waals surface area contributed by atoms with Gasteiger partial charge in [0.25, 0.3) is 0 Å². The molecule has 0 aliphatic rings. The highest BCUT2D eigenvalue weighted by atomic mass is 32.2. The number of esters is 1. The van der Waals surface area contributed by atoms with E-state index in [1.54, 1.807) is 31.2 Å². The van der Waals surface area contributed by atoms with Crippen molar-refractivity contribution in [2.24, 2.45) is 4.36 Å². The number of ether oxygens (including phenoxy) is 2. The molecule has 0 bridgehead atoms. The number of nitrogens with one attached hydrogen (secondary N) is 1. The van der Waals surface area contributed by atoms with Crippen LogP contribution in [0, 0.1) is 6.92 Å². The van der Waals surface area contributed by atoms with Crippen molar-refractivity contribution in [3.63, 3.8) is 0 Å². The fraction of sp³-hybridized carbons (Fsp3) is 0.214. The fourth-order valence-electron chi connectivity index (χ4n) is 1.48. The third kappa shape index (κ3) is 7.44. The lowest BCUT2D eigenvalue weighted by Crippen LogP contribution is -2.11. The summed E-state index contributed by atoms with van der Waals surface area (Å²) in [5, 5.41) is 2.05. The third-order valence-corrected chi connectivity index (χ3v) is 2.80. The van der Waals surface area contributed by atoms with Crippen LogP contribution in [0.1, 0.15) is 16.2 Å². The molecule has 0 unspecified atom stereocenters. The van der Waals surface area contributed by atoms with Crippen LogP contribution < -0.4 is 10.1 Å². The molecular weight excluding hydrogens is 366 g/mol. The lowest BCUT2D eigenvalue weighted by Gasteiger charge is -2.02. The Hall–Kier alpha value is -3.41. The SMILES string of the molecule is COC(=O)c1ccccc1.COc1nc(C)nc(NC(=O)N=S(=O)=O)n1. The predicted octanol–water partition coefficient (Wildman–Crippen LogP) is 1.26. The highest BCUT2D eigenvalue weighted by Crippen LogP contribution is 2.06. The first-order chi connectivity index (χ1) is 12.3. The zero-order chi connectivity index (χ0) is 19.5. The lowest BCUT2D eigenvalue weighted by atomic mass is 10.2. The van der Waals surface area contributed by atoms with Crippen molar-refractivity contribution in [2.45, 2.75) is 6.92 Å². The molecule has 0 atom stereocenters. The minimum atomic E-state index is -2.82. The number of anilines is 1. The van der Waals surface area contributed by atoms with E-state index < -0.39 is 16.5 Å². The maximum atomic E-state index is 10.9. The fourth-order valence-corrected chi connectivity index (χ4v) is 1.66. The maximum Gasteiger partial charge on any atom is 0.362 e. The second kappa shape index (κ2) is 10.5. The zero-order valence-corrected chi connectivity index (χ0v) is 14.8. The van der Waals surface area contributed by atoms with Gasteiger partial charge in [0.2, 0.25) is 5.95 Å². The number of rotatable bonds is 3. The van der Waals surface area contributed by atoms with Gasteiger partial charge in [0.05, 0.1) is 19.8 Å². The van der Waals surface area contributed by atoms with Gasteiger partial charge in [0, 0.05) is 0 Å². The maximum absolute atomic E-state index is 10.9. The van der Waals surface area contributed by atoms with Crippen molar-refractivity contribution in [2.75, 3.05) is 19.5 Å². The molecule has 0 aliphatic heterocycles.